The summed E-state index contributed by atoms with van der Waals surface area (Å²) in [6.07, 6.45) is 1.58. The second-order valence-corrected chi connectivity index (χ2v) is 9.43. The monoisotopic (exact) mass is 547 g/mol. The van der Waals surface area contributed by atoms with E-state index in [0.717, 1.165) is 28.2 Å². The molecule has 7 nitrogen and oxygen atoms in total. The molecule has 5 aromatic rings. The van der Waals surface area contributed by atoms with Gasteiger partial charge in [-0.15, -0.1) is 0 Å². The highest BCUT2D eigenvalue weighted by atomic mass is 19.4. The van der Waals surface area contributed by atoms with Gasteiger partial charge in [0.1, 0.15) is 6.26 Å². The van der Waals surface area contributed by atoms with E-state index in [4.69, 9.17) is 4.42 Å². The van der Waals surface area contributed by atoms with Gasteiger partial charge in [-0.25, -0.2) is 4.98 Å². The minimum absolute atomic E-state index is 0.0338. The zero-order valence-electron chi connectivity index (χ0n) is 21.6. The summed E-state index contributed by atoms with van der Waals surface area (Å²) < 4.78 is 46.7. The van der Waals surface area contributed by atoms with Gasteiger partial charge in [-0.2, -0.15) is 13.2 Å². The van der Waals surface area contributed by atoms with E-state index in [-0.39, 0.29) is 30.2 Å². The number of H-pyrrole nitrogens is 1. The first-order valence-corrected chi connectivity index (χ1v) is 12.9. The number of alkyl halides is 3. The maximum Gasteiger partial charge on any atom is 0.416 e. The average Bonchev–Trinajstić information content (AvgIpc) is 3.59. The molecule has 3 heterocycles. The number of carbonyl (C=O) groups is 1. The van der Waals surface area contributed by atoms with Crippen LogP contribution in [0.3, 0.4) is 0 Å². The molecule has 5 rings (SSSR count). The minimum atomic E-state index is -4.47. The van der Waals surface area contributed by atoms with E-state index < -0.39 is 17.6 Å². The van der Waals surface area contributed by atoms with Gasteiger partial charge in [0.15, 0.2) is 5.69 Å². The topological polar surface area (TPSA) is 87.0 Å². The molecule has 0 aliphatic heterocycles. The summed E-state index contributed by atoms with van der Waals surface area (Å²) >= 11 is 0. The lowest BCUT2D eigenvalue weighted by Gasteiger charge is -2.23. The standard InChI is InChI=1S/C30H28F3N5O2/c31-30(32,33)25-10-3-1-7-22(25)18-38(16-13-21-17-36-26-11-4-2-9-24(21)26)19-28-37-27(20-40-28)29(39)35-15-12-23-8-5-6-14-34-23/h1-11,14,17,20,36H,12-13,15-16,18-19H2,(H,35,39). The third-order valence-corrected chi connectivity index (χ3v) is 6.63. The molecule has 206 valence electrons. The number of nitrogens with zero attached hydrogens (tertiary/aromatic N) is 3. The summed E-state index contributed by atoms with van der Waals surface area (Å²) in [7, 11) is 0. The van der Waals surface area contributed by atoms with Crippen molar-refractivity contribution < 1.29 is 22.4 Å². The summed E-state index contributed by atoms with van der Waals surface area (Å²) in [4.78, 5) is 26.2. The van der Waals surface area contributed by atoms with Crippen LogP contribution in [-0.4, -0.2) is 38.8 Å². The third-order valence-electron chi connectivity index (χ3n) is 6.63. The Hall–Kier alpha value is -4.44. The predicted octanol–water partition coefficient (Wildman–Crippen LogP) is 5.79. The SMILES string of the molecule is O=C(NCCc1ccccn1)c1coc(CN(CCc2c[nH]c3ccccc23)Cc2ccccc2C(F)(F)F)n1. The molecule has 0 atom stereocenters. The molecular weight excluding hydrogens is 519 g/mol. The molecule has 40 heavy (non-hydrogen) atoms. The maximum absolute atomic E-state index is 13.7. The number of nitrogens with one attached hydrogen (secondary N) is 2. The predicted molar refractivity (Wildman–Crippen MR) is 144 cm³/mol. The van der Waals surface area contributed by atoms with Gasteiger partial charge in [-0.3, -0.25) is 14.7 Å². The number of hydrogen-bond acceptors (Lipinski definition) is 5. The lowest BCUT2D eigenvalue weighted by molar-refractivity contribution is -0.138. The second kappa shape index (κ2) is 12.2. The molecular formula is C30H28F3N5O2. The Labute approximate surface area is 229 Å². The largest absolute Gasteiger partial charge is 0.447 e. The number of aromatic amines is 1. The zero-order valence-corrected chi connectivity index (χ0v) is 21.6. The van der Waals surface area contributed by atoms with Gasteiger partial charge in [0, 0.05) is 55.0 Å². The highest BCUT2D eigenvalue weighted by Gasteiger charge is 2.33. The van der Waals surface area contributed by atoms with Crippen molar-refractivity contribution in [1.29, 1.82) is 0 Å². The molecule has 0 unspecified atom stereocenters. The molecule has 0 spiro atoms. The van der Waals surface area contributed by atoms with Crippen molar-refractivity contribution in [2.24, 2.45) is 0 Å². The Morgan fingerprint density at radius 3 is 2.58 bits per heavy atom. The Morgan fingerprint density at radius 1 is 0.950 bits per heavy atom. The molecule has 0 aliphatic rings. The van der Waals surface area contributed by atoms with Crippen molar-refractivity contribution in [2.45, 2.75) is 32.1 Å². The smallest absolute Gasteiger partial charge is 0.416 e. The molecule has 0 bridgehead atoms. The van der Waals surface area contributed by atoms with E-state index in [9.17, 15) is 18.0 Å². The van der Waals surface area contributed by atoms with E-state index >= 15 is 0 Å². The highest BCUT2D eigenvalue weighted by Crippen LogP contribution is 2.32. The fourth-order valence-corrected chi connectivity index (χ4v) is 4.63. The van der Waals surface area contributed by atoms with Crippen LogP contribution in [0.25, 0.3) is 10.9 Å². The lowest BCUT2D eigenvalue weighted by Crippen LogP contribution is -2.28. The molecule has 3 aromatic heterocycles. The molecule has 0 saturated heterocycles. The van der Waals surface area contributed by atoms with Crippen LogP contribution >= 0.6 is 0 Å². The van der Waals surface area contributed by atoms with Crippen LogP contribution in [0.1, 0.15) is 38.8 Å². The Kier molecular flexibility index (Phi) is 8.26. The van der Waals surface area contributed by atoms with E-state index in [2.05, 4.69) is 20.3 Å². The number of oxazole rings is 1. The van der Waals surface area contributed by atoms with Crippen LogP contribution in [-0.2, 0) is 32.1 Å². The number of para-hydroxylation sites is 1. The van der Waals surface area contributed by atoms with Crippen LogP contribution in [0.2, 0.25) is 0 Å². The third kappa shape index (κ3) is 6.76. The van der Waals surface area contributed by atoms with Gasteiger partial charge in [0.2, 0.25) is 5.89 Å². The van der Waals surface area contributed by atoms with E-state index in [1.807, 2.05) is 53.6 Å². The number of fused-ring (bicyclic) bond motifs is 1. The highest BCUT2D eigenvalue weighted by molar-refractivity contribution is 5.91. The van der Waals surface area contributed by atoms with Gasteiger partial charge in [0.25, 0.3) is 5.91 Å². The number of hydrogen-bond donors (Lipinski definition) is 2. The van der Waals surface area contributed by atoms with Gasteiger partial charge in [-0.05, 0) is 41.8 Å². The molecule has 1 amide bonds. The first kappa shape index (κ1) is 27.1. The van der Waals surface area contributed by atoms with Crippen molar-refractivity contribution in [2.75, 3.05) is 13.1 Å². The molecule has 0 aliphatic carbocycles. The molecule has 10 heteroatoms. The zero-order chi connectivity index (χ0) is 28.0. The maximum atomic E-state index is 13.7. The fraction of sp³-hybridized carbons (Fsp3) is 0.233. The van der Waals surface area contributed by atoms with E-state index in [1.54, 1.807) is 12.3 Å². The Bertz CT molecular complexity index is 1560. The first-order chi connectivity index (χ1) is 19.4. The van der Waals surface area contributed by atoms with Crippen LogP contribution in [0.15, 0.2) is 89.8 Å². The van der Waals surface area contributed by atoms with Crippen LogP contribution in [0, 0.1) is 0 Å². The molecule has 0 radical (unpaired) electrons. The summed E-state index contributed by atoms with van der Waals surface area (Å²) in [5.41, 5.74) is 2.51. The van der Waals surface area contributed by atoms with E-state index in [0.29, 0.717) is 25.9 Å². The van der Waals surface area contributed by atoms with Crippen molar-refractivity contribution in [3.05, 3.63) is 119 Å². The molecule has 0 fully saturated rings. The first-order valence-electron chi connectivity index (χ1n) is 12.9. The quantitative estimate of drug-likeness (QED) is 0.219. The number of carbonyl (C=O) groups excluding carboxylic acids is 1. The molecule has 2 aromatic carbocycles. The molecule has 0 saturated carbocycles. The minimum Gasteiger partial charge on any atom is -0.447 e. The summed E-state index contributed by atoms with van der Waals surface area (Å²) in [5, 5.41) is 3.86. The number of amides is 1. The molecule has 2 N–H and O–H groups in total. The number of pyridine rings is 1. The summed E-state index contributed by atoms with van der Waals surface area (Å²) in [6.45, 7) is 0.993. The van der Waals surface area contributed by atoms with Gasteiger partial charge in [-0.1, -0.05) is 42.5 Å². The fourth-order valence-electron chi connectivity index (χ4n) is 4.63. The van der Waals surface area contributed by atoms with Crippen molar-refractivity contribution in [3.63, 3.8) is 0 Å². The van der Waals surface area contributed by atoms with Gasteiger partial charge < -0.3 is 14.7 Å². The number of aromatic nitrogens is 3. The number of rotatable bonds is 11. The van der Waals surface area contributed by atoms with Crippen LogP contribution < -0.4 is 5.32 Å². The number of halogens is 3. The van der Waals surface area contributed by atoms with Gasteiger partial charge in [0.05, 0.1) is 12.1 Å². The summed E-state index contributed by atoms with van der Waals surface area (Å²) in [6, 6.07) is 19.0. The van der Waals surface area contributed by atoms with Crippen LogP contribution in [0.4, 0.5) is 13.2 Å². The lowest BCUT2D eigenvalue weighted by atomic mass is 10.1. The summed E-state index contributed by atoms with van der Waals surface area (Å²) in [5.74, 6) is -0.142. The van der Waals surface area contributed by atoms with Gasteiger partial charge >= 0.3 is 6.18 Å². The number of benzene rings is 2. The van der Waals surface area contributed by atoms with Crippen molar-refractivity contribution in [1.82, 2.24) is 25.2 Å². The van der Waals surface area contributed by atoms with Crippen LogP contribution in [0.5, 0.6) is 0 Å². The Morgan fingerprint density at radius 2 is 1.75 bits per heavy atom. The van der Waals surface area contributed by atoms with Crippen molar-refractivity contribution in [3.8, 4) is 0 Å². The van der Waals surface area contributed by atoms with Crippen molar-refractivity contribution >= 4 is 16.8 Å². The normalized spacial score (nSPS) is 11.8. The second-order valence-electron chi connectivity index (χ2n) is 9.43. The average molecular weight is 548 g/mol. The van der Waals surface area contributed by atoms with E-state index in [1.165, 1.54) is 18.4 Å². The Balaban J connectivity index is 1.29.